The van der Waals surface area contributed by atoms with Crippen LogP contribution in [0.3, 0.4) is 0 Å². The number of amides is 1. The van der Waals surface area contributed by atoms with E-state index in [2.05, 4.69) is 10.3 Å². The lowest BCUT2D eigenvalue weighted by molar-refractivity contribution is -0.120. The number of carbonyl (C=O) groups is 1. The van der Waals surface area contributed by atoms with Gasteiger partial charge >= 0.3 is 0 Å². The molecule has 0 unspecified atom stereocenters. The highest BCUT2D eigenvalue weighted by molar-refractivity contribution is 6.33. The van der Waals surface area contributed by atoms with Gasteiger partial charge in [0.25, 0.3) is 17.3 Å². The highest BCUT2D eigenvalue weighted by Crippen LogP contribution is 2.51. The molecule has 0 bridgehead atoms. The Labute approximate surface area is 192 Å². The van der Waals surface area contributed by atoms with E-state index in [9.17, 15) is 9.59 Å². The minimum atomic E-state index is -0.835. The van der Waals surface area contributed by atoms with Gasteiger partial charge in [-0.1, -0.05) is 11.6 Å². The van der Waals surface area contributed by atoms with Gasteiger partial charge in [0, 0.05) is 47.8 Å². The lowest BCUT2D eigenvalue weighted by atomic mass is 9.81. The molecule has 7 nitrogen and oxygen atoms in total. The minimum absolute atomic E-state index is 0.117. The first kappa shape index (κ1) is 22.7. The average Bonchev–Trinajstić information content (AvgIpc) is 3.10. The van der Waals surface area contributed by atoms with E-state index in [1.807, 2.05) is 33.8 Å². The van der Waals surface area contributed by atoms with Crippen LogP contribution in [0.1, 0.15) is 65.3 Å². The summed E-state index contributed by atoms with van der Waals surface area (Å²) in [4.78, 5) is 28.0. The SMILES string of the molecule is Cc1cc(C)c(CNC(=O)c2cc(Cl)c3c(c2C)O[C@@](C)([C@H]2CC[C@H](N)CC2)O3)c(=O)[nH]1. The van der Waals surface area contributed by atoms with Gasteiger partial charge in [0.05, 0.1) is 5.02 Å². The summed E-state index contributed by atoms with van der Waals surface area (Å²) in [5.74, 6) is 0.0116. The third-order valence-corrected chi connectivity index (χ3v) is 7.01. The molecule has 0 saturated heterocycles. The summed E-state index contributed by atoms with van der Waals surface area (Å²) in [6.45, 7) is 7.54. The molecule has 32 heavy (non-hydrogen) atoms. The Balaban J connectivity index is 1.55. The molecule has 172 valence electrons. The third-order valence-electron chi connectivity index (χ3n) is 6.73. The second-order valence-corrected chi connectivity index (χ2v) is 9.55. The summed E-state index contributed by atoms with van der Waals surface area (Å²) in [5.41, 5.74) is 9.04. The first-order valence-electron chi connectivity index (χ1n) is 11.0. The summed E-state index contributed by atoms with van der Waals surface area (Å²) < 4.78 is 12.5. The zero-order valence-electron chi connectivity index (χ0n) is 18.9. The molecule has 2 aliphatic rings. The number of nitrogens with one attached hydrogen (secondary N) is 2. The molecule has 1 aromatic carbocycles. The van der Waals surface area contributed by atoms with Crippen LogP contribution < -0.4 is 26.1 Å². The molecule has 0 radical (unpaired) electrons. The Bertz CT molecular complexity index is 1120. The third kappa shape index (κ3) is 4.11. The van der Waals surface area contributed by atoms with Crippen LogP contribution in [-0.4, -0.2) is 22.7 Å². The van der Waals surface area contributed by atoms with E-state index in [0.29, 0.717) is 33.2 Å². The molecule has 2 aromatic rings. The molecule has 0 spiro atoms. The van der Waals surface area contributed by atoms with Crippen LogP contribution >= 0.6 is 11.6 Å². The van der Waals surface area contributed by atoms with Crippen molar-refractivity contribution in [2.75, 3.05) is 0 Å². The van der Waals surface area contributed by atoms with E-state index in [0.717, 1.165) is 36.9 Å². The van der Waals surface area contributed by atoms with E-state index in [-0.39, 0.29) is 30.0 Å². The molecule has 1 atom stereocenters. The first-order chi connectivity index (χ1) is 15.1. The minimum Gasteiger partial charge on any atom is -0.448 e. The maximum atomic E-state index is 13.0. The molecule has 1 fully saturated rings. The van der Waals surface area contributed by atoms with Gasteiger partial charge in [0.2, 0.25) is 0 Å². The first-order valence-corrected chi connectivity index (χ1v) is 11.4. The number of aromatic amines is 1. The number of fused-ring (bicyclic) bond motifs is 1. The Morgan fingerprint density at radius 2 is 1.84 bits per heavy atom. The van der Waals surface area contributed by atoms with Crippen LogP contribution in [0, 0.1) is 26.7 Å². The fraction of sp³-hybridized carbons (Fsp3) is 0.500. The fourth-order valence-corrected chi connectivity index (χ4v) is 4.99. The van der Waals surface area contributed by atoms with Gasteiger partial charge in [0.1, 0.15) is 0 Å². The Hall–Kier alpha value is -2.51. The molecule has 1 aliphatic heterocycles. The number of rotatable bonds is 4. The van der Waals surface area contributed by atoms with Crippen LogP contribution in [0.2, 0.25) is 5.02 Å². The van der Waals surface area contributed by atoms with Crippen molar-refractivity contribution in [3.63, 3.8) is 0 Å². The lowest BCUT2D eigenvalue weighted by Gasteiger charge is -2.36. The van der Waals surface area contributed by atoms with Crippen LogP contribution in [-0.2, 0) is 6.54 Å². The highest BCUT2D eigenvalue weighted by Gasteiger charge is 2.47. The number of nitrogens with two attached hydrogens (primary N) is 1. The maximum Gasteiger partial charge on any atom is 0.253 e. The van der Waals surface area contributed by atoms with Crippen molar-refractivity contribution in [1.82, 2.24) is 10.3 Å². The molecule has 8 heteroatoms. The van der Waals surface area contributed by atoms with E-state index < -0.39 is 5.79 Å². The van der Waals surface area contributed by atoms with Crippen LogP contribution in [0.15, 0.2) is 16.9 Å². The van der Waals surface area contributed by atoms with Crippen LogP contribution in [0.25, 0.3) is 0 Å². The molecule has 1 amide bonds. The zero-order chi connectivity index (χ0) is 23.2. The molecule has 4 N–H and O–H groups in total. The van der Waals surface area contributed by atoms with Gasteiger partial charge in [0.15, 0.2) is 11.5 Å². The van der Waals surface area contributed by atoms with Gasteiger partial charge < -0.3 is 25.5 Å². The second-order valence-electron chi connectivity index (χ2n) is 9.15. The van der Waals surface area contributed by atoms with Crippen molar-refractivity contribution in [3.05, 3.63) is 55.5 Å². The monoisotopic (exact) mass is 459 g/mol. The number of hydrogen-bond donors (Lipinski definition) is 3. The predicted octanol–water partition coefficient (Wildman–Crippen LogP) is 3.89. The maximum absolute atomic E-state index is 13.0. The topological polar surface area (TPSA) is 106 Å². The van der Waals surface area contributed by atoms with Gasteiger partial charge in [-0.3, -0.25) is 9.59 Å². The van der Waals surface area contributed by atoms with Crippen molar-refractivity contribution < 1.29 is 14.3 Å². The van der Waals surface area contributed by atoms with E-state index >= 15 is 0 Å². The quantitative estimate of drug-likeness (QED) is 0.643. The summed E-state index contributed by atoms with van der Waals surface area (Å²) >= 11 is 6.51. The fourth-order valence-electron chi connectivity index (χ4n) is 4.76. The van der Waals surface area contributed by atoms with Crippen LogP contribution in [0.5, 0.6) is 11.5 Å². The van der Waals surface area contributed by atoms with Gasteiger partial charge in [-0.2, -0.15) is 0 Å². The number of aryl methyl sites for hydroxylation is 2. The number of hydrogen-bond acceptors (Lipinski definition) is 5. The van der Waals surface area contributed by atoms with Crippen molar-refractivity contribution in [1.29, 1.82) is 0 Å². The van der Waals surface area contributed by atoms with E-state index in [1.165, 1.54) is 0 Å². The van der Waals surface area contributed by atoms with Crippen molar-refractivity contribution in [2.24, 2.45) is 11.7 Å². The molecule has 2 heterocycles. The number of pyridine rings is 1. The number of ether oxygens (including phenoxy) is 2. The normalized spacial score (nSPS) is 24.4. The van der Waals surface area contributed by atoms with Crippen molar-refractivity contribution in [2.45, 2.75) is 71.8 Å². The van der Waals surface area contributed by atoms with Crippen LogP contribution in [0.4, 0.5) is 0 Å². The molecule has 4 rings (SSSR count). The molecule has 1 saturated carbocycles. The number of H-pyrrole nitrogens is 1. The highest BCUT2D eigenvalue weighted by atomic mass is 35.5. The number of carbonyl (C=O) groups excluding carboxylic acids is 1. The number of halogens is 1. The second kappa shape index (κ2) is 8.45. The average molecular weight is 460 g/mol. The zero-order valence-corrected chi connectivity index (χ0v) is 19.7. The van der Waals surface area contributed by atoms with Gasteiger partial charge in [-0.25, -0.2) is 0 Å². The van der Waals surface area contributed by atoms with E-state index in [1.54, 1.807) is 6.07 Å². The number of benzene rings is 1. The standard InChI is InChI=1S/C24H30ClN3O4/c1-12-9-13(2)28-23(30)18(12)11-27-22(29)17-10-19(25)21-20(14(17)3)31-24(4,32-21)15-5-7-16(26)8-6-15/h9-10,15-16H,5-8,11,26H2,1-4H3,(H,27,29)(H,28,30)/t15-,16-,24-/m1/s1. The Morgan fingerprint density at radius 3 is 2.50 bits per heavy atom. The predicted molar refractivity (Wildman–Crippen MR) is 123 cm³/mol. The molecule has 1 aromatic heterocycles. The Morgan fingerprint density at radius 1 is 1.19 bits per heavy atom. The molecular weight excluding hydrogens is 430 g/mol. The molecule has 1 aliphatic carbocycles. The summed E-state index contributed by atoms with van der Waals surface area (Å²) in [6, 6.07) is 3.71. The largest absolute Gasteiger partial charge is 0.448 e. The van der Waals surface area contributed by atoms with E-state index in [4.69, 9.17) is 26.8 Å². The number of aromatic nitrogens is 1. The Kier molecular flexibility index (Phi) is 5.98. The van der Waals surface area contributed by atoms with Gasteiger partial charge in [-0.15, -0.1) is 0 Å². The van der Waals surface area contributed by atoms with Gasteiger partial charge in [-0.05, 0) is 64.2 Å². The summed E-state index contributed by atoms with van der Waals surface area (Å²) in [5, 5.41) is 3.17. The summed E-state index contributed by atoms with van der Waals surface area (Å²) in [7, 11) is 0. The van der Waals surface area contributed by atoms with Crippen molar-refractivity contribution >= 4 is 17.5 Å². The summed E-state index contributed by atoms with van der Waals surface area (Å²) in [6.07, 6.45) is 3.70. The lowest BCUT2D eigenvalue weighted by Crippen LogP contribution is -2.46. The smallest absolute Gasteiger partial charge is 0.253 e. The molecular formula is C24H30ClN3O4. The van der Waals surface area contributed by atoms with Crippen molar-refractivity contribution in [3.8, 4) is 11.5 Å².